The number of alkyl halides is 3. The van der Waals surface area contributed by atoms with Crippen LogP contribution in [-0.2, 0) is 4.74 Å². The van der Waals surface area contributed by atoms with Crippen molar-refractivity contribution in [2.24, 2.45) is 0 Å². The van der Waals surface area contributed by atoms with Gasteiger partial charge >= 0.3 is 6.36 Å². The van der Waals surface area contributed by atoms with E-state index in [0.29, 0.717) is 6.42 Å². The average molecular weight is 172 g/mol. The minimum Gasteiger partial charge on any atom is -0.292 e. The fourth-order valence-electron chi connectivity index (χ4n) is 0.540. The zero-order chi connectivity index (χ0) is 8.04. The van der Waals surface area contributed by atoms with Crippen LogP contribution >= 0.6 is 0 Å². The van der Waals surface area contributed by atoms with Gasteiger partial charge in [-0.05, 0) is 6.42 Å². The molecule has 0 aliphatic heterocycles. The van der Waals surface area contributed by atoms with E-state index in [1.54, 1.807) is 0 Å². The summed E-state index contributed by atoms with van der Waals surface area (Å²) >= 11 is 0. The second kappa shape index (κ2) is 4.73. The van der Waals surface area contributed by atoms with Crippen molar-refractivity contribution in [1.82, 2.24) is 0 Å². The van der Waals surface area contributed by atoms with E-state index in [4.69, 9.17) is 0 Å². The summed E-state index contributed by atoms with van der Waals surface area (Å²) in [5, 5.41) is 0. The van der Waals surface area contributed by atoms with Crippen molar-refractivity contribution in [2.45, 2.75) is 25.4 Å². The van der Waals surface area contributed by atoms with Gasteiger partial charge in [-0.25, -0.2) is 0 Å². The molecule has 0 aromatic heterocycles. The Balaban J connectivity index is 3.04. The van der Waals surface area contributed by atoms with Gasteiger partial charge in [0.1, 0.15) is 0 Å². The Hall–Kier alpha value is -0.0331. The summed E-state index contributed by atoms with van der Waals surface area (Å²) in [7, 11) is -0.0975. The molecule has 0 radical (unpaired) electrons. The summed E-state index contributed by atoms with van der Waals surface area (Å²) < 4.78 is 37.4. The largest absolute Gasteiger partial charge is 0.522 e. The Morgan fingerprint density at radius 1 is 1.40 bits per heavy atom. The Bertz CT molecular complexity index is 83.5. The molecular weight excluding hydrogens is 161 g/mol. The van der Waals surface area contributed by atoms with Crippen LogP contribution in [0.4, 0.5) is 13.2 Å². The van der Waals surface area contributed by atoms with Crippen molar-refractivity contribution in [3.8, 4) is 0 Å². The first kappa shape index (κ1) is 9.97. The molecule has 0 rings (SSSR count). The van der Waals surface area contributed by atoms with Gasteiger partial charge in [-0.3, -0.25) is 4.74 Å². The van der Waals surface area contributed by atoms with Crippen molar-refractivity contribution in [3.63, 3.8) is 0 Å². The van der Waals surface area contributed by atoms with Gasteiger partial charge in [0.05, 0.1) is 6.61 Å². The highest BCUT2D eigenvalue weighted by atomic mass is 28.2. The van der Waals surface area contributed by atoms with E-state index < -0.39 is 6.36 Å². The molecule has 0 aliphatic rings. The normalized spacial score (nSPS) is 13.2. The zero-order valence-corrected chi connectivity index (χ0v) is 7.28. The molecule has 0 heterocycles. The van der Waals surface area contributed by atoms with Crippen LogP contribution in [0.5, 0.6) is 0 Å². The molecule has 0 saturated heterocycles. The minimum absolute atomic E-state index is 0.0975. The van der Waals surface area contributed by atoms with Gasteiger partial charge in [0, 0.05) is 9.52 Å². The summed E-state index contributed by atoms with van der Waals surface area (Å²) in [5.74, 6) is 0. The quantitative estimate of drug-likeness (QED) is 0.462. The van der Waals surface area contributed by atoms with Crippen LogP contribution in [0.3, 0.4) is 0 Å². The fourth-order valence-corrected chi connectivity index (χ4v) is 1.24. The van der Waals surface area contributed by atoms with Crippen molar-refractivity contribution in [1.29, 1.82) is 0 Å². The number of hydrogen-bond acceptors (Lipinski definition) is 1. The summed E-state index contributed by atoms with van der Waals surface area (Å²) in [6, 6.07) is 0.927. The molecule has 0 aliphatic carbocycles. The van der Waals surface area contributed by atoms with Gasteiger partial charge in [0.25, 0.3) is 0 Å². The standard InChI is InChI=1S/C5H11F3OSi/c1-10-4-2-3-9-5(6,7)8/h2-4,10H2,1H3. The van der Waals surface area contributed by atoms with Gasteiger partial charge in [0.15, 0.2) is 0 Å². The van der Waals surface area contributed by atoms with E-state index >= 15 is 0 Å². The highest BCUT2D eigenvalue weighted by molar-refractivity contribution is 6.33. The molecule has 5 heteroatoms. The summed E-state index contributed by atoms with van der Waals surface area (Å²) in [4.78, 5) is 0. The first-order valence-electron chi connectivity index (χ1n) is 3.27. The Morgan fingerprint density at radius 2 is 2.00 bits per heavy atom. The lowest BCUT2D eigenvalue weighted by atomic mass is 10.5. The van der Waals surface area contributed by atoms with Crippen molar-refractivity contribution in [2.75, 3.05) is 6.61 Å². The molecule has 0 bridgehead atoms. The molecule has 0 aromatic carbocycles. The monoisotopic (exact) mass is 172 g/mol. The Labute approximate surface area is 60.4 Å². The summed E-state index contributed by atoms with van der Waals surface area (Å²) in [6.07, 6.45) is -3.89. The highest BCUT2D eigenvalue weighted by Gasteiger charge is 2.28. The van der Waals surface area contributed by atoms with Gasteiger partial charge in [-0.2, -0.15) is 0 Å². The summed E-state index contributed by atoms with van der Waals surface area (Å²) in [6.45, 7) is 1.89. The maximum Gasteiger partial charge on any atom is 0.522 e. The van der Waals surface area contributed by atoms with Crippen LogP contribution in [0.15, 0.2) is 0 Å². The van der Waals surface area contributed by atoms with Crippen LogP contribution in [0.1, 0.15) is 6.42 Å². The number of hydrogen-bond donors (Lipinski definition) is 0. The smallest absolute Gasteiger partial charge is 0.292 e. The van der Waals surface area contributed by atoms with Crippen LogP contribution < -0.4 is 0 Å². The molecular formula is C5H11F3OSi. The highest BCUT2D eigenvalue weighted by Crippen LogP contribution is 2.16. The predicted octanol–water partition coefficient (Wildman–Crippen LogP) is 1.55. The van der Waals surface area contributed by atoms with Crippen LogP contribution in [0.25, 0.3) is 0 Å². The van der Waals surface area contributed by atoms with Crippen molar-refractivity contribution < 1.29 is 17.9 Å². The molecule has 0 atom stereocenters. The molecule has 0 amide bonds. The first-order chi connectivity index (χ1) is 4.56. The van der Waals surface area contributed by atoms with E-state index in [9.17, 15) is 13.2 Å². The molecule has 0 N–H and O–H groups in total. The lowest BCUT2D eigenvalue weighted by Crippen LogP contribution is -2.14. The molecule has 0 saturated carbocycles. The van der Waals surface area contributed by atoms with E-state index in [-0.39, 0.29) is 16.1 Å². The molecule has 1 nitrogen and oxygen atoms in total. The second-order valence-corrected chi connectivity index (χ2v) is 3.71. The third kappa shape index (κ3) is 7.97. The zero-order valence-electron chi connectivity index (χ0n) is 5.87. The second-order valence-electron chi connectivity index (χ2n) is 2.00. The number of halogens is 3. The Kier molecular flexibility index (Phi) is 4.72. The van der Waals surface area contributed by atoms with E-state index in [1.165, 1.54) is 0 Å². The van der Waals surface area contributed by atoms with Crippen LogP contribution in [-0.4, -0.2) is 22.5 Å². The fraction of sp³-hybridized carbons (Fsp3) is 1.00. The third-order valence-corrected chi connectivity index (χ3v) is 2.22. The SMILES string of the molecule is C[SiH2]CCCOC(F)(F)F. The topological polar surface area (TPSA) is 9.23 Å². The predicted molar refractivity (Wildman–Crippen MR) is 35.8 cm³/mol. The summed E-state index contributed by atoms with van der Waals surface area (Å²) in [5.41, 5.74) is 0. The maximum absolute atomic E-state index is 11.3. The molecule has 10 heavy (non-hydrogen) atoms. The molecule has 62 valence electrons. The van der Waals surface area contributed by atoms with Gasteiger partial charge in [-0.1, -0.05) is 12.6 Å². The first-order valence-corrected chi connectivity index (χ1v) is 5.68. The molecule has 0 unspecified atom stereocenters. The van der Waals surface area contributed by atoms with Gasteiger partial charge in [-0.15, -0.1) is 13.2 Å². The average Bonchev–Trinajstić information content (AvgIpc) is 1.78. The number of ether oxygens (including phenoxy) is 1. The van der Waals surface area contributed by atoms with Gasteiger partial charge < -0.3 is 0 Å². The molecule has 0 fully saturated rings. The number of rotatable bonds is 4. The van der Waals surface area contributed by atoms with Gasteiger partial charge in [0.2, 0.25) is 0 Å². The minimum atomic E-state index is -4.44. The van der Waals surface area contributed by atoms with Crippen LogP contribution in [0.2, 0.25) is 12.6 Å². The molecule has 0 aromatic rings. The van der Waals surface area contributed by atoms with E-state index in [0.717, 1.165) is 6.04 Å². The van der Waals surface area contributed by atoms with Crippen molar-refractivity contribution in [3.05, 3.63) is 0 Å². The molecule has 0 spiro atoms. The van der Waals surface area contributed by atoms with E-state index in [1.807, 2.05) is 0 Å². The maximum atomic E-state index is 11.3. The van der Waals surface area contributed by atoms with E-state index in [2.05, 4.69) is 11.3 Å². The van der Waals surface area contributed by atoms with Crippen LogP contribution in [0, 0.1) is 0 Å². The lowest BCUT2D eigenvalue weighted by molar-refractivity contribution is -0.324. The Morgan fingerprint density at radius 3 is 2.40 bits per heavy atom. The lowest BCUT2D eigenvalue weighted by Gasteiger charge is -2.05. The van der Waals surface area contributed by atoms with Crippen molar-refractivity contribution >= 4 is 9.52 Å². The third-order valence-electron chi connectivity index (χ3n) is 1.01.